The molecule has 0 atom stereocenters. The molecular weight excluding hydrogens is 309 g/mol. The minimum Gasteiger partial charge on any atom is -0.489 e. The van der Waals surface area contributed by atoms with Crippen molar-refractivity contribution in [1.29, 1.82) is 0 Å². The molecule has 0 radical (unpaired) electrons. The number of benzene rings is 2. The highest BCUT2D eigenvalue weighted by Crippen LogP contribution is 2.19. The molecule has 19 heavy (non-hydrogen) atoms. The molecule has 0 aliphatic heterocycles. The van der Waals surface area contributed by atoms with Crippen molar-refractivity contribution in [3.63, 3.8) is 0 Å². The Kier molecular flexibility index (Phi) is 4.93. The first-order valence-electron chi connectivity index (χ1n) is 6.05. The smallest absolute Gasteiger partial charge is 0.130 e. The largest absolute Gasteiger partial charge is 0.489 e. The monoisotopic (exact) mass is 323 g/mol. The average Bonchev–Trinajstić information content (AvgIpc) is 2.38. The summed E-state index contributed by atoms with van der Waals surface area (Å²) in [5.41, 5.74) is 7.17. The van der Waals surface area contributed by atoms with E-state index in [1.54, 1.807) is 12.1 Å². The van der Waals surface area contributed by atoms with Crippen molar-refractivity contribution in [1.82, 2.24) is 0 Å². The van der Waals surface area contributed by atoms with E-state index in [9.17, 15) is 4.39 Å². The normalized spacial score (nSPS) is 10.5. The first-order valence-corrected chi connectivity index (χ1v) is 6.84. The minimum absolute atomic E-state index is 0.213. The molecule has 4 heteroatoms. The summed E-state index contributed by atoms with van der Waals surface area (Å²) in [6.07, 6.45) is 0.809. The van der Waals surface area contributed by atoms with Crippen molar-refractivity contribution < 1.29 is 9.13 Å². The maximum absolute atomic E-state index is 13.6. The second-order valence-electron chi connectivity index (χ2n) is 4.21. The van der Waals surface area contributed by atoms with Crippen molar-refractivity contribution in [2.24, 2.45) is 5.73 Å². The summed E-state index contributed by atoms with van der Waals surface area (Å²) in [7, 11) is 0. The molecule has 0 aliphatic rings. The molecular formula is C15H15BrFNO. The molecule has 0 saturated carbocycles. The Labute approximate surface area is 120 Å². The van der Waals surface area contributed by atoms with E-state index in [-0.39, 0.29) is 12.4 Å². The Morgan fingerprint density at radius 1 is 1.16 bits per heavy atom. The predicted octanol–water partition coefficient (Wildman–Crippen LogP) is 3.67. The van der Waals surface area contributed by atoms with Gasteiger partial charge < -0.3 is 10.5 Å². The fourth-order valence-electron chi connectivity index (χ4n) is 1.76. The van der Waals surface area contributed by atoms with Gasteiger partial charge in [0.05, 0.1) is 0 Å². The van der Waals surface area contributed by atoms with E-state index >= 15 is 0 Å². The fraction of sp³-hybridized carbons (Fsp3) is 0.200. The molecule has 0 bridgehead atoms. The zero-order chi connectivity index (χ0) is 13.7. The number of hydrogen-bond donors (Lipinski definition) is 1. The lowest BCUT2D eigenvalue weighted by molar-refractivity contribution is 0.299. The van der Waals surface area contributed by atoms with Crippen molar-refractivity contribution in [3.8, 4) is 5.75 Å². The lowest BCUT2D eigenvalue weighted by Gasteiger charge is -2.09. The van der Waals surface area contributed by atoms with Crippen LogP contribution in [0.3, 0.4) is 0 Å². The molecule has 2 rings (SSSR count). The number of ether oxygens (including phenoxy) is 1. The Morgan fingerprint density at radius 2 is 2.00 bits per heavy atom. The van der Waals surface area contributed by atoms with Gasteiger partial charge in [0.15, 0.2) is 0 Å². The summed E-state index contributed by atoms with van der Waals surface area (Å²) in [5.74, 6) is 0.459. The van der Waals surface area contributed by atoms with E-state index in [1.807, 2.05) is 24.3 Å². The number of rotatable bonds is 5. The molecule has 100 valence electrons. The molecule has 2 N–H and O–H groups in total. The van der Waals surface area contributed by atoms with Gasteiger partial charge in [0.1, 0.15) is 18.2 Å². The van der Waals surface area contributed by atoms with Crippen molar-refractivity contribution in [3.05, 3.63) is 63.9 Å². The number of nitrogens with two attached hydrogens (primary N) is 1. The van der Waals surface area contributed by atoms with Crippen LogP contribution in [0.1, 0.15) is 11.1 Å². The average molecular weight is 324 g/mol. The lowest BCUT2D eigenvalue weighted by atomic mass is 10.1. The van der Waals surface area contributed by atoms with Crippen LogP contribution >= 0.6 is 15.9 Å². The van der Waals surface area contributed by atoms with Crippen LogP contribution in [0.15, 0.2) is 46.9 Å². The SMILES string of the molecule is NCCc1cccc(OCc2ccc(Br)cc2F)c1. The van der Waals surface area contributed by atoms with Gasteiger partial charge in [0.2, 0.25) is 0 Å². The maximum Gasteiger partial charge on any atom is 0.130 e. The highest BCUT2D eigenvalue weighted by Gasteiger charge is 2.04. The third-order valence-corrected chi connectivity index (χ3v) is 3.23. The van der Waals surface area contributed by atoms with E-state index < -0.39 is 0 Å². The van der Waals surface area contributed by atoms with Crippen molar-refractivity contribution in [2.75, 3.05) is 6.54 Å². The zero-order valence-electron chi connectivity index (χ0n) is 10.4. The summed E-state index contributed by atoms with van der Waals surface area (Å²) < 4.78 is 20.0. The Balaban J connectivity index is 2.03. The molecule has 0 fully saturated rings. The Hall–Kier alpha value is -1.39. The molecule has 0 aliphatic carbocycles. The quantitative estimate of drug-likeness (QED) is 0.911. The molecule has 2 nitrogen and oxygen atoms in total. The lowest BCUT2D eigenvalue weighted by Crippen LogP contribution is -2.03. The van der Waals surface area contributed by atoms with E-state index in [0.29, 0.717) is 12.1 Å². The molecule has 2 aromatic rings. The van der Waals surface area contributed by atoms with Gasteiger partial charge in [-0.15, -0.1) is 0 Å². The van der Waals surface area contributed by atoms with E-state index in [0.717, 1.165) is 22.2 Å². The molecule has 0 heterocycles. The highest BCUT2D eigenvalue weighted by atomic mass is 79.9. The van der Waals surface area contributed by atoms with Crippen LogP contribution in [0.4, 0.5) is 4.39 Å². The van der Waals surface area contributed by atoms with E-state index in [1.165, 1.54) is 6.07 Å². The van der Waals surface area contributed by atoms with Gasteiger partial charge in [-0.05, 0) is 42.8 Å². The first-order chi connectivity index (χ1) is 9.19. The molecule has 2 aromatic carbocycles. The zero-order valence-corrected chi connectivity index (χ0v) is 12.0. The van der Waals surface area contributed by atoms with Crippen LogP contribution in [0.25, 0.3) is 0 Å². The maximum atomic E-state index is 13.6. The summed E-state index contributed by atoms with van der Waals surface area (Å²) in [6, 6.07) is 12.7. The molecule has 0 aromatic heterocycles. The summed E-state index contributed by atoms with van der Waals surface area (Å²) >= 11 is 3.23. The van der Waals surface area contributed by atoms with Crippen LogP contribution in [0, 0.1) is 5.82 Å². The Morgan fingerprint density at radius 3 is 2.74 bits per heavy atom. The van der Waals surface area contributed by atoms with Crippen LogP contribution < -0.4 is 10.5 Å². The van der Waals surface area contributed by atoms with Crippen LogP contribution in [-0.4, -0.2) is 6.54 Å². The van der Waals surface area contributed by atoms with Gasteiger partial charge in [-0.25, -0.2) is 4.39 Å². The van der Waals surface area contributed by atoms with Gasteiger partial charge in [0.25, 0.3) is 0 Å². The van der Waals surface area contributed by atoms with E-state index in [4.69, 9.17) is 10.5 Å². The summed E-state index contributed by atoms with van der Waals surface area (Å²) in [4.78, 5) is 0. The Bertz CT molecular complexity index is 560. The second kappa shape index (κ2) is 6.68. The van der Waals surface area contributed by atoms with Crippen LogP contribution in [0.2, 0.25) is 0 Å². The molecule has 0 amide bonds. The summed E-state index contributed by atoms with van der Waals surface area (Å²) in [5, 5.41) is 0. The fourth-order valence-corrected chi connectivity index (χ4v) is 2.09. The molecule has 0 spiro atoms. The van der Waals surface area contributed by atoms with Crippen LogP contribution in [-0.2, 0) is 13.0 Å². The van der Waals surface area contributed by atoms with Gasteiger partial charge >= 0.3 is 0 Å². The molecule has 0 unspecified atom stereocenters. The predicted molar refractivity (Wildman–Crippen MR) is 77.6 cm³/mol. The highest BCUT2D eigenvalue weighted by molar-refractivity contribution is 9.10. The standard InChI is InChI=1S/C15H15BrFNO/c16-13-5-4-12(15(17)9-13)10-19-14-3-1-2-11(8-14)6-7-18/h1-5,8-9H,6-7,10,18H2. The van der Waals surface area contributed by atoms with E-state index in [2.05, 4.69) is 15.9 Å². The number of halogens is 2. The van der Waals surface area contributed by atoms with Crippen molar-refractivity contribution in [2.45, 2.75) is 13.0 Å². The topological polar surface area (TPSA) is 35.2 Å². The third-order valence-electron chi connectivity index (χ3n) is 2.74. The number of hydrogen-bond acceptors (Lipinski definition) is 2. The summed E-state index contributed by atoms with van der Waals surface area (Å²) in [6.45, 7) is 0.815. The van der Waals surface area contributed by atoms with Crippen LogP contribution in [0.5, 0.6) is 5.75 Å². The van der Waals surface area contributed by atoms with Crippen molar-refractivity contribution >= 4 is 15.9 Å². The van der Waals surface area contributed by atoms with Gasteiger partial charge in [0, 0.05) is 10.0 Å². The molecule has 0 saturated heterocycles. The van der Waals surface area contributed by atoms with Gasteiger partial charge in [-0.2, -0.15) is 0 Å². The minimum atomic E-state index is -0.271. The van der Waals surface area contributed by atoms with Gasteiger partial charge in [-0.1, -0.05) is 34.1 Å². The first kappa shape index (κ1) is 14.0. The van der Waals surface area contributed by atoms with Gasteiger partial charge in [-0.3, -0.25) is 0 Å². The second-order valence-corrected chi connectivity index (χ2v) is 5.13. The third kappa shape index (κ3) is 4.04.